The van der Waals surface area contributed by atoms with Gasteiger partial charge in [0.25, 0.3) is 0 Å². The second-order valence-corrected chi connectivity index (χ2v) is 6.14. The first-order chi connectivity index (χ1) is 11.7. The Bertz CT molecular complexity index is 812. The van der Waals surface area contributed by atoms with Crippen LogP contribution >= 0.6 is 11.3 Å². The predicted molar refractivity (Wildman–Crippen MR) is 99.8 cm³/mol. The molecule has 0 saturated heterocycles. The Labute approximate surface area is 146 Å². The molecular formula is C19H20N2O2S. The molecule has 0 fully saturated rings. The lowest BCUT2D eigenvalue weighted by Crippen LogP contribution is -1.95. The third-order valence-corrected chi connectivity index (χ3v) is 4.57. The number of aryl methyl sites for hydroxylation is 1. The standard InChI is InChI=1S/C19H20N2O2S/c1-4-13-5-7-14(8-6-13)17-12-24-19(21-17)20-16-11-15(22-2)9-10-18(16)23-3/h5-12H,4H2,1-3H3,(H,20,21). The van der Waals surface area contributed by atoms with E-state index in [9.17, 15) is 0 Å². The van der Waals surface area contributed by atoms with Gasteiger partial charge in [0.2, 0.25) is 0 Å². The highest BCUT2D eigenvalue weighted by atomic mass is 32.1. The molecule has 4 nitrogen and oxygen atoms in total. The van der Waals surface area contributed by atoms with E-state index in [1.807, 2.05) is 18.2 Å². The molecule has 1 N–H and O–H groups in total. The van der Waals surface area contributed by atoms with Crippen molar-refractivity contribution in [1.82, 2.24) is 4.98 Å². The first kappa shape index (κ1) is 16.3. The molecular weight excluding hydrogens is 320 g/mol. The van der Waals surface area contributed by atoms with Crippen molar-refractivity contribution in [3.63, 3.8) is 0 Å². The van der Waals surface area contributed by atoms with Gasteiger partial charge in [0.15, 0.2) is 5.13 Å². The summed E-state index contributed by atoms with van der Waals surface area (Å²) in [5.41, 5.74) is 4.24. The topological polar surface area (TPSA) is 43.4 Å². The Morgan fingerprint density at radius 3 is 2.50 bits per heavy atom. The summed E-state index contributed by atoms with van der Waals surface area (Å²) in [7, 11) is 3.29. The molecule has 0 aliphatic rings. The number of hydrogen-bond donors (Lipinski definition) is 1. The Kier molecular flexibility index (Phi) is 5.01. The fraction of sp³-hybridized carbons (Fsp3) is 0.211. The number of anilines is 2. The molecule has 0 bridgehead atoms. The molecule has 1 aromatic heterocycles. The molecule has 0 atom stereocenters. The normalized spacial score (nSPS) is 10.5. The van der Waals surface area contributed by atoms with E-state index in [-0.39, 0.29) is 0 Å². The highest BCUT2D eigenvalue weighted by Crippen LogP contribution is 2.33. The third kappa shape index (κ3) is 3.51. The number of ether oxygens (including phenoxy) is 2. The van der Waals surface area contributed by atoms with E-state index in [1.165, 1.54) is 5.56 Å². The number of nitrogens with one attached hydrogen (secondary N) is 1. The van der Waals surface area contributed by atoms with E-state index in [0.29, 0.717) is 0 Å². The molecule has 3 rings (SSSR count). The molecule has 0 aliphatic heterocycles. The Morgan fingerprint density at radius 1 is 1.04 bits per heavy atom. The summed E-state index contributed by atoms with van der Waals surface area (Å²) in [4.78, 5) is 4.67. The molecule has 3 aromatic rings. The summed E-state index contributed by atoms with van der Waals surface area (Å²) in [5.74, 6) is 1.52. The number of benzene rings is 2. The fourth-order valence-corrected chi connectivity index (χ4v) is 3.13. The minimum Gasteiger partial charge on any atom is -0.497 e. The molecule has 0 aliphatic carbocycles. The Balaban J connectivity index is 1.83. The van der Waals surface area contributed by atoms with Crippen LogP contribution in [0.1, 0.15) is 12.5 Å². The molecule has 24 heavy (non-hydrogen) atoms. The molecule has 0 spiro atoms. The van der Waals surface area contributed by atoms with Gasteiger partial charge in [-0.2, -0.15) is 0 Å². The van der Waals surface area contributed by atoms with Gasteiger partial charge in [-0.3, -0.25) is 0 Å². The van der Waals surface area contributed by atoms with Crippen LogP contribution in [0.5, 0.6) is 11.5 Å². The SMILES string of the molecule is CCc1ccc(-c2csc(Nc3cc(OC)ccc3OC)n2)cc1. The van der Waals surface area contributed by atoms with E-state index < -0.39 is 0 Å². The van der Waals surface area contributed by atoms with Crippen LogP contribution in [0.2, 0.25) is 0 Å². The van der Waals surface area contributed by atoms with Crippen LogP contribution in [0.3, 0.4) is 0 Å². The molecule has 5 heteroatoms. The molecule has 0 amide bonds. The van der Waals surface area contributed by atoms with E-state index >= 15 is 0 Å². The second kappa shape index (κ2) is 7.36. The summed E-state index contributed by atoms with van der Waals surface area (Å²) in [6, 6.07) is 14.2. The quantitative estimate of drug-likeness (QED) is 0.675. The maximum Gasteiger partial charge on any atom is 0.187 e. The van der Waals surface area contributed by atoms with E-state index in [2.05, 4.69) is 46.9 Å². The minimum absolute atomic E-state index is 0.750. The average molecular weight is 340 g/mol. The molecule has 1 heterocycles. The van der Waals surface area contributed by atoms with Gasteiger partial charge < -0.3 is 14.8 Å². The Morgan fingerprint density at radius 2 is 1.83 bits per heavy atom. The van der Waals surface area contributed by atoms with Crippen LogP contribution in [0.25, 0.3) is 11.3 Å². The van der Waals surface area contributed by atoms with Crippen molar-refractivity contribution in [2.45, 2.75) is 13.3 Å². The van der Waals surface area contributed by atoms with Crippen LogP contribution in [0, 0.1) is 0 Å². The highest BCUT2D eigenvalue weighted by Gasteiger charge is 2.09. The zero-order chi connectivity index (χ0) is 16.9. The summed E-state index contributed by atoms with van der Waals surface area (Å²) in [6.45, 7) is 2.15. The van der Waals surface area contributed by atoms with E-state index in [4.69, 9.17) is 9.47 Å². The zero-order valence-corrected chi connectivity index (χ0v) is 14.8. The lowest BCUT2D eigenvalue weighted by molar-refractivity contribution is 0.405. The lowest BCUT2D eigenvalue weighted by Gasteiger charge is -2.10. The van der Waals surface area contributed by atoms with Crippen molar-refractivity contribution in [1.29, 1.82) is 0 Å². The van der Waals surface area contributed by atoms with Gasteiger partial charge in [-0.15, -0.1) is 11.3 Å². The number of methoxy groups -OCH3 is 2. The number of hydrogen-bond acceptors (Lipinski definition) is 5. The fourth-order valence-electron chi connectivity index (χ4n) is 2.40. The maximum absolute atomic E-state index is 5.39. The predicted octanol–water partition coefficient (Wildman–Crippen LogP) is 5.13. The van der Waals surface area contributed by atoms with Crippen molar-refractivity contribution in [2.75, 3.05) is 19.5 Å². The van der Waals surface area contributed by atoms with Gasteiger partial charge in [0.05, 0.1) is 25.6 Å². The molecule has 0 unspecified atom stereocenters. The minimum atomic E-state index is 0.750. The summed E-state index contributed by atoms with van der Waals surface area (Å²) >= 11 is 1.56. The maximum atomic E-state index is 5.39. The van der Waals surface area contributed by atoms with Crippen molar-refractivity contribution in [2.24, 2.45) is 0 Å². The number of rotatable bonds is 6. The number of nitrogens with zero attached hydrogens (tertiary/aromatic N) is 1. The Hall–Kier alpha value is -2.53. The smallest absolute Gasteiger partial charge is 0.187 e. The lowest BCUT2D eigenvalue weighted by atomic mass is 10.1. The van der Waals surface area contributed by atoms with Gasteiger partial charge in [-0.25, -0.2) is 4.98 Å². The van der Waals surface area contributed by atoms with Crippen LogP contribution in [-0.4, -0.2) is 19.2 Å². The third-order valence-electron chi connectivity index (χ3n) is 3.81. The summed E-state index contributed by atoms with van der Waals surface area (Å²) in [5, 5.41) is 6.18. The van der Waals surface area contributed by atoms with Crippen LogP contribution in [-0.2, 0) is 6.42 Å². The molecule has 2 aromatic carbocycles. The number of aromatic nitrogens is 1. The largest absolute Gasteiger partial charge is 0.497 e. The van der Waals surface area contributed by atoms with E-state index in [1.54, 1.807) is 25.6 Å². The molecule has 0 radical (unpaired) electrons. The first-order valence-corrected chi connectivity index (χ1v) is 8.65. The van der Waals surface area contributed by atoms with Gasteiger partial charge in [-0.05, 0) is 24.1 Å². The zero-order valence-electron chi connectivity index (χ0n) is 14.0. The van der Waals surface area contributed by atoms with Crippen LogP contribution < -0.4 is 14.8 Å². The van der Waals surface area contributed by atoms with Crippen molar-refractivity contribution in [3.8, 4) is 22.8 Å². The van der Waals surface area contributed by atoms with Gasteiger partial charge in [-0.1, -0.05) is 31.2 Å². The average Bonchev–Trinajstić information content (AvgIpc) is 3.10. The van der Waals surface area contributed by atoms with E-state index in [0.717, 1.165) is 40.0 Å². The van der Waals surface area contributed by atoms with Crippen molar-refractivity contribution >= 4 is 22.2 Å². The van der Waals surface area contributed by atoms with Gasteiger partial charge >= 0.3 is 0 Å². The summed E-state index contributed by atoms with van der Waals surface area (Å²) in [6.07, 6.45) is 1.04. The van der Waals surface area contributed by atoms with Gasteiger partial charge in [0, 0.05) is 17.0 Å². The molecule has 0 saturated carbocycles. The second-order valence-electron chi connectivity index (χ2n) is 5.28. The number of thiazole rings is 1. The van der Waals surface area contributed by atoms with Crippen molar-refractivity contribution < 1.29 is 9.47 Å². The monoisotopic (exact) mass is 340 g/mol. The van der Waals surface area contributed by atoms with Crippen molar-refractivity contribution in [3.05, 3.63) is 53.4 Å². The van der Waals surface area contributed by atoms with Gasteiger partial charge in [0.1, 0.15) is 11.5 Å². The first-order valence-electron chi connectivity index (χ1n) is 7.77. The van der Waals surface area contributed by atoms with Crippen LogP contribution in [0.15, 0.2) is 47.8 Å². The highest BCUT2D eigenvalue weighted by molar-refractivity contribution is 7.14. The molecule has 124 valence electrons. The van der Waals surface area contributed by atoms with Crippen LogP contribution in [0.4, 0.5) is 10.8 Å². The summed E-state index contributed by atoms with van der Waals surface area (Å²) < 4.78 is 10.7.